The standard InChI is InChI=1S/C18H18N4O7/c1-28-17-5-3-13(21(24)25)11-14(17)19-18(23)12-2-4-15(16(10-12)22(26)27)20-6-8-29-9-7-20/h2-5,10-11H,6-9H2,1H3,(H,19,23). The van der Waals surface area contributed by atoms with Crippen LogP contribution in [0.2, 0.25) is 0 Å². The number of amides is 1. The third kappa shape index (κ3) is 4.41. The SMILES string of the molecule is COc1ccc([N+](=O)[O-])cc1NC(=O)c1ccc(N2CCOCC2)c([N+](=O)[O-])c1. The molecule has 0 unspecified atom stereocenters. The number of ether oxygens (including phenoxy) is 2. The second-order valence-electron chi connectivity index (χ2n) is 6.16. The molecule has 0 radical (unpaired) electrons. The molecule has 11 nitrogen and oxygen atoms in total. The number of nitrogens with one attached hydrogen (secondary N) is 1. The maximum Gasteiger partial charge on any atom is 0.293 e. The van der Waals surface area contributed by atoms with Gasteiger partial charge in [-0.25, -0.2) is 0 Å². The molecule has 1 fully saturated rings. The third-order valence-corrected chi connectivity index (χ3v) is 4.43. The van der Waals surface area contributed by atoms with Gasteiger partial charge in [-0.15, -0.1) is 0 Å². The number of nitrogens with zero attached hydrogens (tertiary/aromatic N) is 3. The zero-order valence-corrected chi connectivity index (χ0v) is 15.5. The van der Waals surface area contributed by atoms with Crippen molar-refractivity contribution < 1.29 is 24.1 Å². The first-order valence-electron chi connectivity index (χ1n) is 8.65. The maximum atomic E-state index is 12.6. The fourth-order valence-electron chi connectivity index (χ4n) is 2.98. The van der Waals surface area contributed by atoms with E-state index >= 15 is 0 Å². The Morgan fingerprint density at radius 1 is 1.10 bits per heavy atom. The normalized spacial score (nSPS) is 13.6. The summed E-state index contributed by atoms with van der Waals surface area (Å²) in [6.45, 7) is 1.95. The smallest absolute Gasteiger partial charge is 0.293 e. The van der Waals surface area contributed by atoms with Crippen LogP contribution in [-0.4, -0.2) is 49.2 Å². The molecule has 1 aliphatic heterocycles. The van der Waals surface area contributed by atoms with Crippen LogP contribution in [0.4, 0.5) is 22.7 Å². The van der Waals surface area contributed by atoms with Crippen LogP contribution in [0.15, 0.2) is 36.4 Å². The lowest BCUT2D eigenvalue weighted by atomic mass is 10.1. The Balaban J connectivity index is 1.90. The number of benzene rings is 2. The minimum Gasteiger partial charge on any atom is -0.495 e. The lowest BCUT2D eigenvalue weighted by Gasteiger charge is -2.28. The van der Waals surface area contributed by atoms with Gasteiger partial charge in [0.2, 0.25) is 0 Å². The van der Waals surface area contributed by atoms with Crippen LogP contribution in [0.1, 0.15) is 10.4 Å². The van der Waals surface area contributed by atoms with Gasteiger partial charge in [0.05, 0.1) is 35.9 Å². The largest absolute Gasteiger partial charge is 0.495 e. The van der Waals surface area contributed by atoms with E-state index in [4.69, 9.17) is 9.47 Å². The minimum atomic E-state index is -0.652. The van der Waals surface area contributed by atoms with Gasteiger partial charge in [0, 0.05) is 36.9 Å². The lowest BCUT2D eigenvalue weighted by Crippen LogP contribution is -2.36. The molecule has 2 aromatic rings. The number of nitro groups is 2. The Hall–Kier alpha value is -3.73. The van der Waals surface area contributed by atoms with Crippen molar-refractivity contribution in [2.24, 2.45) is 0 Å². The molecule has 0 atom stereocenters. The summed E-state index contributed by atoms with van der Waals surface area (Å²) < 4.78 is 10.4. The maximum absolute atomic E-state index is 12.6. The molecule has 0 aromatic heterocycles. The average Bonchev–Trinajstić information content (AvgIpc) is 2.73. The number of hydrogen-bond acceptors (Lipinski definition) is 8. The number of non-ortho nitro benzene ring substituents is 1. The number of nitro benzene ring substituents is 2. The van der Waals surface area contributed by atoms with E-state index in [1.807, 2.05) is 4.90 Å². The number of rotatable bonds is 6. The van der Waals surface area contributed by atoms with Crippen LogP contribution < -0.4 is 15.0 Å². The summed E-state index contributed by atoms with van der Waals surface area (Å²) >= 11 is 0. The van der Waals surface area contributed by atoms with Crippen molar-refractivity contribution >= 4 is 28.7 Å². The Labute approximate surface area is 165 Å². The van der Waals surface area contributed by atoms with Crippen LogP contribution in [0.5, 0.6) is 5.75 Å². The van der Waals surface area contributed by atoms with Crippen LogP contribution in [0, 0.1) is 20.2 Å². The fourth-order valence-corrected chi connectivity index (χ4v) is 2.98. The molecule has 152 valence electrons. The van der Waals surface area contributed by atoms with Crippen molar-refractivity contribution in [1.82, 2.24) is 0 Å². The van der Waals surface area contributed by atoms with E-state index in [0.29, 0.717) is 32.0 Å². The molecular formula is C18H18N4O7. The molecule has 1 heterocycles. The highest BCUT2D eigenvalue weighted by Crippen LogP contribution is 2.32. The first-order chi connectivity index (χ1) is 13.9. The summed E-state index contributed by atoms with van der Waals surface area (Å²) in [6, 6.07) is 7.94. The van der Waals surface area contributed by atoms with Crippen molar-refractivity contribution in [2.45, 2.75) is 0 Å². The highest BCUT2D eigenvalue weighted by molar-refractivity contribution is 6.06. The van der Waals surface area contributed by atoms with Gasteiger partial charge in [0.1, 0.15) is 11.4 Å². The summed E-state index contributed by atoms with van der Waals surface area (Å²) in [5, 5.41) is 25.0. The molecule has 29 heavy (non-hydrogen) atoms. The van der Waals surface area contributed by atoms with Crippen LogP contribution in [0.25, 0.3) is 0 Å². The van der Waals surface area contributed by atoms with Gasteiger partial charge in [0.15, 0.2) is 0 Å². The van der Waals surface area contributed by atoms with Gasteiger partial charge in [0.25, 0.3) is 17.3 Å². The van der Waals surface area contributed by atoms with E-state index in [0.717, 1.165) is 6.07 Å². The van der Waals surface area contributed by atoms with E-state index in [1.54, 1.807) is 0 Å². The van der Waals surface area contributed by atoms with E-state index < -0.39 is 15.8 Å². The quantitative estimate of drug-likeness (QED) is 0.575. The van der Waals surface area contributed by atoms with Gasteiger partial charge < -0.3 is 19.7 Å². The second kappa shape index (κ2) is 8.52. The highest BCUT2D eigenvalue weighted by Gasteiger charge is 2.24. The number of anilines is 2. The molecule has 0 aliphatic carbocycles. The summed E-state index contributed by atoms with van der Waals surface area (Å²) in [5.41, 5.74) is 0.108. The van der Waals surface area contributed by atoms with E-state index in [-0.39, 0.29) is 28.4 Å². The van der Waals surface area contributed by atoms with Gasteiger partial charge >= 0.3 is 0 Å². The van der Waals surface area contributed by atoms with Crippen LogP contribution in [-0.2, 0) is 4.74 Å². The van der Waals surface area contributed by atoms with Gasteiger partial charge in [-0.1, -0.05) is 0 Å². The van der Waals surface area contributed by atoms with Gasteiger partial charge in [-0.05, 0) is 18.2 Å². The molecule has 1 saturated heterocycles. The van der Waals surface area contributed by atoms with Crippen LogP contribution >= 0.6 is 0 Å². The predicted molar refractivity (Wildman–Crippen MR) is 104 cm³/mol. The molecular weight excluding hydrogens is 384 g/mol. The molecule has 2 aromatic carbocycles. The van der Waals surface area contributed by atoms with Crippen molar-refractivity contribution in [1.29, 1.82) is 0 Å². The summed E-state index contributed by atoms with van der Waals surface area (Å²) in [4.78, 5) is 35.8. The van der Waals surface area contributed by atoms with Crippen molar-refractivity contribution in [3.05, 3.63) is 62.2 Å². The first kappa shape index (κ1) is 20.0. The molecule has 0 saturated carbocycles. The molecule has 0 bridgehead atoms. The number of methoxy groups -OCH3 is 1. The monoisotopic (exact) mass is 402 g/mol. The Bertz CT molecular complexity index is 957. The molecule has 1 N–H and O–H groups in total. The summed E-state index contributed by atoms with van der Waals surface area (Å²) in [7, 11) is 1.36. The number of morpholine rings is 1. The van der Waals surface area contributed by atoms with Crippen molar-refractivity contribution in [3.8, 4) is 5.75 Å². The Morgan fingerprint density at radius 3 is 2.45 bits per heavy atom. The van der Waals surface area contributed by atoms with E-state index in [2.05, 4.69) is 5.32 Å². The topological polar surface area (TPSA) is 137 Å². The number of carbonyl (C=O) groups is 1. The molecule has 11 heteroatoms. The first-order valence-corrected chi connectivity index (χ1v) is 8.65. The Kier molecular flexibility index (Phi) is 5.88. The zero-order valence-electron chi connectivity index (χ0n) is 15.5. The molecule has 1 amide bonds. The van der Waals surface area contributed by atoms with Gasteiger partial charge in [-0.3, -0.25) is 25.0 Å². The predicted octanol–water partition coefficient (Wildman–Crippen LogP) is 2.60. The van der Waals surface area contributed by atoms with Crippen molar-refractivity contribution in [3.63, 3.8) is 0 Å². The highest BCUT2D eigenvalue weighted by atomic mass is 16.6. The minimum absolute atomic E-state index is 0.0438. The molecule has 1 aliphatic rings. The summed E-state index contributed by atoms with van der Waals surface area (Å²) in [5.74, 6) is -0.427. The summed E-state index contributed by atoms with van der Waals surface area (Å²) in [6.07, 6.45) is 0. The lowest BCUT2D eigenvalue weighted by molar-refractivity contribution is -0.384. The molecule has 3 rings (SSSR count). The zero-order chi connectivity index (χ0) is 21.0. The van der Waals surface area contributed by atoms with Gasteiger partial charge in [-0.2, -0.15) is 0 Å². The average molecular weight is 402 g/mol. The van der Waals surface area contributed by atoms with E-state index in [9.17, 15) is 25.0 Å². The fraction of sp³-hybridized carbons (Fsp3) is 0.278. The van der Waals surface area contributed by atoms with Crippen LogP contribution in [0.3, 0.4) is 0 Å². The Morgan fingerprint density at radius 2 is 1.83 bits per heavy atom. The molecule has 0 spiro atoms. The van der Waals surface area contributed by atoms with Crippen molar-refractivity contribution in [2.75, 3.05) is 43.6 Å². The second-order valence-corrected chi connectivity index (χ2v) is 6.16. The van der Waals surface area contributed by atoms with E-state index in [1.165, 1.54) is 37.4 Å². The number of hydrogen-bond donors (Lipinski definition) is 1. The third-order valence-electron chi connectivity index (χ3n) is 4.43. The number of carbonyl (C=O) groups excluding carboxylic acids is 1.